The van der Waals surface area contributed by atoms with Gasteiger partial charge < -0.3 is 10.2 Å². The van der Waals surface area contributed by atoms with Gasteiger partial charge in [0.2, 0.25) is 21.8 Å². The number of halogens is 2. The molecule has 0 spiro atoms. The van der Waals surface area contributed by atoms with Crippen LogP contribution in [0.25, 0.3) is 0 Å². The number of benzene rings is 2. The van der Waals surface area contributed by atoms with E-state index >= 15 is 0 Å². The summed E-state index contributed by atoms with van der Waals surface area (Å²) >= 11 is 12.8. The molecule has 0 aromatic heterocycles. The van der Waals surface area contributed by atoms with Crippen LogP contribution in [-0.2, 0) is 31.6 Å². The first-order chi connectivity index (χ1) is 17.6. The van der Waals surface area contributed by atoms with Gasteiger partial charge in [-0.05, 0) is 47.6 Å². The van der Waals surface area contributed by atoms with Crippen LogP contribution in [-0.4, -0.2) is 50.5 Å². The van der Waals surface area contributed by atoms with Crippen molar-refractivity contribution in [3.05, 3.63) is 63.6 Å². The highest BCUT2D eigenvalue weighted by atomic mass is 35.5. The second-order valence-corrected chi connectivity index (χ2v) is 13.6. The molecule has 0 saturated carbocycles. The summed E-state index contributed by atoms with van der Waals surface area (Å²) in [4.78, 5) is 28.4. The van der Waals surface area contributed by atoms with E-state index in [1.807, 2.05) is 26.0 Å². The predicted octanol–water partition coefficient (Wildman–Crippen LogP) is 5.64. The van der Waals surface area contributed by atoms with E-state index in [2.05, 4.69) is 26.1 Å². The van der Waals surface area contributed by atoms with E-state index in [1.165, 1.54) is 4.90 Å². The first kappa shape index (κ1) is 31.9. The Morgan fingerprint density at radius 3 is 2.00 bits per heavy atom. The molecule has 1 unspecified atom stereocenters. The first-order valence-corrected chi connectivity index (χ1v) is 15.2. The third-order valence-electron chi connectivity index (χ3n) is 6.16. The van der Waals surface area contributed by atoms with Crippen molar-refractivity contribution in [3.8, 4) is 0 Å². The molecule has 2 rings (SSSR count). The van der Waals surface area contributed by atoms with Gasteiger partial charge in [-0.15, -0.1) is 0 Å². The van der Waals surface area contributed by atoms with E-state index in [-0.39, 0.29) is 23.8 Å². The lowest BCUT2D eigenvalue weighted by Gasteiger charge is -2.33. The van der Waals surface area contributed by atoms with Crippen molar-refractivity contribution < 1.29 is 18.0 Å². The van der Waals surface area contributed by atoms with E-state index in [0.29, 0.717) is 34.3 Å². The van der Waals surface area contributed by atoms with E-state index < -0.39 is 28.5 Å². The number of nitrogens with one attached hydrogen (secondary N) is 1. The molecule has 0 aliphatic rings. The van der Waals surface area contributed by atoms with Gasteiger partial charge in [-0.25, -0.2) is 8.42 Å². The normalized spacial score (nSPS) is 12.8. The molecule has 2 aromatic rings. The number of carbonyl (C=O) groups excluding carboxylic acids is 2. The number of hydrogen-bond donors (Lipinski definition) is 1. The van der Waals surface area contributed by atoms with Crippen LogP contribution in [0.1, 0.15) is 59.1 Å². The Morgan fingerprint density at radius 1 is 1.00 bits per heavy atom. The molecule has 0 radical (unpaired) electrons. The number of rotatable bonds is 11. The molecular formula is C28H39Cl2N3O4S. The summed E-state index contributed by atoms with van der Waals surface area (Å²) in [6.45, 7) is 11.8. The van der Waals surface area contributed by atoms with E-state index in [9.17, 15) is 18.0 Å². The number of anilines is 1. The lowest BCUT2D eigenvalue weighted by atomic mass is 9.87. The Hall–Kier alpha value is -2.29. The average molecular weight is 585 g/mol. The SMILES string of the molecule is CCC(C(=O)NCC(C)C)N(Cc1c(Cl)cccc1Cl)C(=O)CN(c1ccc(C(C)(C)C)cc1)S(C)(=O)=O. The average Bonchev–Trinajstić information content (AvgIpc) is 2.81. The van der Waals surface area contributed by atoms with E-state index in [1.54, 1.807) is 37.3 Å². The van der Waals surface area contributed by atoms with Crippen LogP contribution in [0.5, 0.6) is 0 Å². The van der Waals surface area contributed by atoms with Crippen LogP contribution >= 0.6 is 23.2 Å². The van der Waals surface area contributed by atoms with Crippen molar-refractivity contribution in [1.29, 1.82) is 0 Å². The van der Waals surface area contributed by atoms with Gasteiger partial charge in [-0.3, -0.25) is 13.9 Å². The Bertz CT molecular complexity index is 1210. The van der Waals surface area contributed by atoms with Crippen LogP contribution in [0, 0.1) is 5.92 Å². The molecule has 0 bridgehead atoms. The zero-order valence-corrected chi connectivity index (χ0v) is 25.5. The number of amides is 2. The van der Waals surface area contributed by atoms with Crippen molar-refractivity contribution in [3.63, 3.8) is 0 Å². The molecule has 1 atom stereocenters. The van der Waals surface area contributed by atoms with Crippen LogP contribution < -0.4 is 9.62 Å². The third-order valence-corrected chi connectivity index (χ3v) is 8.01. The van der Waals surface area contributed by atoms with Crippen LogP contribution in [0.3, 0.4) is 0 Å². The quantitative estimate of drug-likeness (QED) is 0.371. The fourth-order valence-electron chi connectivity index (χ4n) is 3.94. The summed E-state index contributed by atoms with van der Waals surface area (Å²) in [5.41, 5.74) is 1.76. The van der Waals surface area contributed by atoms with Crippen LogP contribution in [0.15, 0.2) is 42.5 Å². The van der Waals surface area contributed by atoms with Crippen molar-refractivity contribution in [2.24, 2.45) is 5.92 Å². The fraction of sp³-hybridized carbons (Fsp3) is 0.500. The van der Waals surface area contributed by atoms with Gasteiger partial charge in [0, 0.05) is 28.7 Å². The van der Waals surface area contributed by atoms with E-state index in [4.69, 9.17) is 23.2 Å². The van der Waals surface area contributed by atoms with Crippen LogP contribution in [0.2, 0.25) is 10.0 Å². The standard InChI is InChI=1S/C28H39Cl2N3O4S/c1-8-25(27(35)31-16-19(2)3)32(17-22-23(29)10-9-11-24(22)30)26(34)18-33(38(7,36)37)21-14-12-20(13-15-21)28(4,5)6/h9-15,19,25H,8,16-18H2,1-7H3,(H,31,35). The van der Waals surface area contributed by atoms with Crippen molar-refractivity contribution in [2.75, 3.05) is 23.7 Å². The highest BCUT2D eigenvalue weighted by molar-refractivity contribution is 7.92. The van der Waals surface area contributed by atoms with Gasteiger partial charge in [0.25, 0.3) is 0 Å². The minimum atomic E-state index is -3.83. The molecule has 10 heteroatoms. The molecule has 2 amide bonds. The molecular weight excluding hydrogens is 545 g/mol. The maximum atomic E-state index is 13.8. The highest BCUT2D eigenvalue weighted by Gasteiger charge is 2.32. The van der Waals surface area contributed by atoms with Crippen molar-refractivity contribution in [2.45, 2.75) is 66.0 Å². The molecule has 0 aliphatic heterocycles. The molecule has 38 heavy (non-hydrogen) atoms. The number of hydrogen-bond acceptors (Lipinski definition) is 4. The molecule has 0 saturated heterocycles. The molecule has 2 aromatic carbocycles. The second kappa shape index (κ2) is 13.2. The largest absolute Gasteiger partial charge is 0.354 e. The van der Waals surface area contributed by atoms with Gasteiger partial charge in [-0.2, -0.15) is 0 Å². The molecule has 0 fully saturated rings. The monoisotopic (exact) mass is 583 g/mol. The summed E-state index contributed by atoms with van der Waals surface area (Å²) in [5, 5.41) is 3.59. The van der Waals surface area contributed by atoms with Gasteiger partial charge in [0.1, 0.15) is 12.6 Å². The first-order valence-electron chi connectivity index (χ1n) is 12.6. The molecule has 0 heterocycles. The summed E-state index contributed by atoms with van der Waals surface area (Å²) in [6.07, 6.45) is 1.37. The number of sulfonamides is 1. The summed E-state index contributed by atoms with van der Waals surface area (Å²) < 4.78 is 26.7. The lowest BCUT2D eigenvalue weighted by Crippen LogP contribution is -2.52. The summed E-state index contributed by atoms with van der Waals surface area (Å²) in [7, 11) is -3.83. The molecule has 7 nitrogen and oxygen atoms in total. The Kier molecular flexibility index (Phi) is 11.1. The summed E-state index contributed by atoms with van der Waals surface area (Å²) in [5.74, 6) is -0.647. The minimum absolute atomic E-state index is 0.0501. The number of carbonyl (C=O) groups is 2. The predicted molar refractivity (Wildman–Crippen MR) is 156 cm³/mol. The summed E-state index contributed by atoms with van der Waals surface area (Å²) in [6, 6.07) is 11.3. The number of nitrogens with zero attached hydrogens (tertiary/aromatic N) is 2. The van der Waals surface area contributed by atoms with Gasteiger partial charge in [0.15, 0.2) is 0 Å². The third kappa shape index (κ3) is 8.61. The van der Waals surface area contributed by atoms with Gasteiger partial charge in [-0.1, -0.05) is 82.9 Å². The maximum Gasteiger partial charge on any atom is 0.244 e. The Morgan fingerprint density at radius 2 is 1.55 bits per heavy atom. The van der Waals surface area contributed by atoms with Gasteiger partial charge in [0.05, 0.1) is 11.9 Å². The lowest BCUT2D eigenvalue weighted by molar-refractivity contribution is -0.140. The molecule has 210 valence electrons. The van der Waals surface area contributed by atoms with Crippen molar-refractivity contribution in [1.82, 2.24) is 10.2 Å². The topological polar surface area (TPSA) is 86.8 Å². The smallest absolute Gasteiger partial charge is 0.244 e. The zero-order valence-electron chi connectivity index (χ0n) is 23.2. The second-order valence-electron chi connectivity index (χ2n) is 10.9. The minimum Gasteiger partial charge on any atom is -0.354 e. The van der Waals surface area contributed by atoms with Gasteiger partial charge >= 0.3 is 0 Å². The van der Waals surface area contributed by atoms with Crippen LogP contribution in [0.4, 0.5) is 5.69 Å². The molecule has 1 N–H and O–H groups in total. The Labute approximate surface area is 237 Å². The highest BCUT2D eigenvalue weighted by Crippen LogP contribution is 2.29. The van der Waals surface area contributed by atoms with Crippen molar-refractivity contribution >= 4 is 50.7 Å². The maximum absolute atomic E-state index is 13.8. The molecule has 0 aliphatic carbocycles. The fourth-order valence-corrected chi connectivity index (χ4v) is 5.30. The zero-order chi connectivity index (χ0) is 28.8. The Balaban J connectivity index is 2.49. The van der Waals surface area contributed by atoms with E-state index in [0.717, 1.165) is 16.1 Å².